The van der Waals surface area contributed by atoms with Crippen LogP contribution in [-0.4, -0.2) is 43.2 Å². The number of aromatic nitrogens is 1. The SMILES string of the molecule is Cc1nc(C)c(S(=O)(=O)N2CCCC3(CCN(c4ccc(Cl)cc4)C3=O)C2)s1. The first-order valence-electron chi connectivity index (χ1n) is 9.25. The fraction of sp³-hybridized carbons (Fsp3) is 0.474. The van der Waals surface area contributed by atoms with Crippen molar-refractivity contribution in [1.82, 2.24) is 9.29 Å². The molecule has 2 saturated heterocycles. The summed E-state index contributed by atoms with van der Waals surface area (Å²) >= 11 is 7.15. The summed E-state index contributed by atoms with van der Waals surface area (Å²) in [5.74, 6) is 0.00642. The number of aryl methyl sites for hydroxylation is 2. The normalized spacial score (nSPS) is 23.7. The maximum Gasteiger partial charge on any atom is 0.254 e. The van der Waals surface area contributed by atoms with Gasteiger partial charge in [0.05, 0.1) is 16.1 Å². The van der Waals surface area contributed by atoms with Gasteiger partial charge in [-0.3, -0.25) is 4.79 Å². The molecular weight excluding hydrogens is 418 g/mol. The van der Waals surface area contributed by atoms with Crippen LogP contribution < -0.4 is 4.90 Å². The van der Waals surface area contributed by atoms with Crippen LogP contribution in [0.1, 0.15) is 30.0 Å². The number of carbonyl (C=O) groups excluding carboxylic acids is 1. The monoisotopic (exact) mass is 439 g/mol. The number of sulfonamides is 1. The van der Waals surface area contributed by atoms with Crippen LogP contribution in [0.25, 0.3) is 0 Å². The first-order chi connectivity index (χ1) is 13.2. The summed E-state index contributed by atoms with van der Waals surface area (Å²) in [7, 11) is -3.65. The van der Waals surface area contributed by atoms with E-state index in [0.29, 0.717) is 47.3 Å². The maximum absolute atomic E-state index is 13.3. The Morgan fingerprint density at radius 3 is 2.50 bits per heavy atom. The van der Waals surface area contributed by atoms with Gasteiger partial charge in [-0.15, -0.1) is 11.3 Å². The van der Waals surface area contributed by atoms with Crippen molar-refractivity contribution in [2.75, 3.05) is 24.5 Å². The minimum Gasteiger partial charge on any atom is -0.312 e. The van der Waals surface area contributed by atoms with Gasteiger partial charge in [-0.25, -0.2) is 13.4 Å². The number of hydrogen-bond donors (Lipinski definition) is 0. The molecule has 4 rings (SSSR count). The number of thiazole rings is 1. The van der Waals surface area contributed by atoms with Crippen molar-refractivity contribution in [3.05, 3.63) is 40.0 Å². The summed E-state index contributed by atoms with van der Waals surface area (Å²) in [6, 6.07) is 7.20. The lowest BCUT2D eigenvalue weighted by Crippen LogP contribution is -2.49. The maximum atomic E-state index is 13.3. The molecule has 1 aromatic carbocycles. The van der Waals surface area contributed by atoms with E-state index in [1.807, 2.05) is 12.1 Å². The van der Waals surface area contributed by atoms with E-state index in [9.17, 15) is 13.2 Å². The number of piperidine rings is 1. The van der Waals surface area contributed by atoms with Crippen LogP contribution in [-0.2, 0) is 14.8 Å². The lowest BCUT2D eigenvalue weighted by molar-refractivity contribution is -0.127. The molecule has 0 bridgehead atoms. The van der Waals surface area contributed by atoms with E-state index in [4.69, 9.17) is 11.6 Å². The van der Waals surface area contributed by atoms with Crippen LogP contribution in [0.15, 0.2) is 28.5 Å². The zero-order valence-corrected chi connectivity index (χ0v) is 18.2. The Labute approximate surface area is 174 Å². The second-order valence-corrected chi connectivity index (χ2v) is 11.3. The van der Waals surface area contributed by atoms with E-state index in [2.05, 4.69) is 4.98 Å². The highest BCUT2D eigenvalue weighted by molar-refractivity contribution is 7.91. The number of halogens is 1. The standard InChI is InChI=1S/C19H22ClN3O3S2/c1-13-17(27-14(2)21-13)28(25,26)22-10-3-8-19(12-22)9-11-23(18(19)24)16-6-4-15(20)5-7-16/h4-7H,3,8-12H2,1-2H3. The third-order valence-electron chi connectivity index (χ3n) is 5.63. The number of hydrogen-bond acceptors (Lipinski definition) is 5. The summed E-state index contributed by atoms with van der Waals surface area (Å²) in [5, 5.41) is 1.35. The van der Waals surface area contributed by atoms with Crippen LogP contribution in [0.3, 0.4) is 0 Å². The number of carbonyl (C=O) groups is 1. The highest BCUT2D eigenvalue weighted by Crippen LogP contribution is 2.43. The summed E-state index contributed by atoms with van der Waals surface area (Å²) < 4.78 is 28.2. The minimum absolute atomic E-state index is 0.00642. The Kier molecular flexibility index (Phi) is 5.02. The Balaban J connectivity index is 1.61. The molecule has 0 aliphatic carbocycles. The van der Waals surface area contributed by atoms with Gasteiger partial charge in [0.15, 0.2) is 4.21 Å². The second-order valence-electron chi connectivity index (χ2n) is 7.51. The molecule has 1 aromatic heterocycles. The fourth-order valence-corrected chi connectivity index (χ4v) is 7.54. The van der Waals surface area contributed by atoms with Crippen LogP contribution >= 0.6 is 22.9 Å². The Morgan fingerprint density at radius 1 is 1.14 bits per heavy atom. The molecule has 1 amide bonds. The molecule has 0 radical (unpaired) electrons. The predicted molar refractivity (Wildman–Crippen MR) is 110 cm³/mol. The van der Waals surface area contributed by atoms with E-state index >= 15 is 0 Å². The first-order valence-corrected chi connectivity index (χ1v) is 11.9. The van der Waals surface area contributed by atoms with Crippen molar-refractivity contribution in [2.24, 2.45) is 5.41 Å². The molecule has 28 heavy (non-hydrogen) atoms. The smallest absolute Gasteiger partial charge is 0.254 e. The molecule has 9 heteroatoms. The fourth-order valence-electron chi connectivity index (χ4n) is 4.23. The van der Waals surface area contributed by atoms with Gasteiger partial charge in [-0.05, 0) is 57.4 Å². The molecule has 1 unspecified atom stereocenters. The van der Waals surface area contributed by atoms with Crippen molar-refractivity contribution in [3.63, 3.8) is 0 Å². The zero-order valence-electron chi connectivity index (χ0n) is 15.8. The number of anilines is 1. The Hall–Kier alpha value is -1.48. The molecule has 2 aliphatic heterocycles. The van der Waals surface area contributed by atoms with Gasteiger partial charge in [0.25, 0.3) is 10.0 Å². The molecule has 1 spiro atoms. The molecular formula is C19H22ClN3O3S2. The van der Waals surface area contributed by atoms with Crippen molar-refractivity contribution >= 4 is 44.6 Å². The summed E-state index contributed by atoms with van der Waals surface area (Å²) in [6.07, 6.45) is 2.04. The van der Waals surface area contributed by atoms with Crippen molar-refractivity contribution in [1.29, 1.82) is 0 Å². The van der Waals surface area contributed by atoms with E-state index in [-0.39, 0.29) is 12.5 Å². The summed E-state index contributed by atoms with van der Waals surface area (Å²) in [6.45, 7) is 4.79. The number of rotatable bonds is 3. The summed E-state index contributed by atoms with van der Waals surface area (Å²) in [5.41, 5.74) is 0.682. The lowest BCUT2D eigenvalue weighted by atomic mass is 9.79. The molecule has 3 heterocycles. The van der Waals surface area contributed by atoms with E-state index in [1.165, 1.54) is 15.6 Å². The Bertz CT molecular complexity index is 1020. The predicted octanol–water partition coefficient (Wildman–Crippen LogP) is 3.62. The van der Waals surface area contributed by atoms with Crippen LogP contribution in [0.4, 0.5) is 5.69 Å². The molecule has 0 N–H and O–H groups in total. The van der Waals surface area contributed by atoms with Crippen LogP contribution in [0.5, 0.6) is 0 Å². The highest BCUT2D eigenvalue weighted by atomic mass is 35.5. The topological polar surface area (TPSA) is 70.6 Å². The van der Waals surface area contributed by atoms with Crippen molar-refractivity contribution in [3.8, 4) is 0 Å². The van der Waals surface area contributed by atoms with E-state index < -0.39 is 15.4 Å². The van der Waals surface area contributed by atoms with Gasteiger partial charge in [0.2, 0.25) is 5.91 Å². The molecule has 150 valence electrons. The van der Waals surface area contributed by atoms with Gasteiger partial charge < -0.3 is 4.90 Å². The average molecular weight is 440 g/mol. The third-order valence-corrected chi connectivity index (χ3v) is 9.38. The van der Waals surface area contributed by atoms with Crippen LogP contribution in [0.2, 0.25) is 5.02 Å². The molecule has 0 saturated carbocycles. The number of benzene rings is 1. The van der Waals surface area contributed by atoms with Crippen LogP contribution in [0, 0.1) is 19.3 Å². The number of nitrogens with zero attached hydrogens (tertiary/aromatic N) is 3. The van der Waals surface area contributed by atoms with Gasteiger partial charge in [0, 0.05) is 30.3 Å². The van der Waals surface area contributed by atoms with E-state index in [0.717, 1.165) is 10.7 Å². The zero-order chi connectivity index (χ0) is 20.1. The molecule has 2 aliphatic rings. The van der Waals surface area contributed by atoms with Gasteiger partial charge in [-0.2, -0.15) is 4.31 Å². The largest absolute Gasteiger partial charge is 0.312 e. The molecule has 2 fully saturated rings. The van der Waals surface area contributed by atoms with E-state index in [1.54, 1.807) is 30.9 Å². The molecule has 6 nitrogen and oxygen atoms in total. The summed E-state index contributed by atoms with van der Waals surface area (Å²) in [4.78, 5) is 19.3. The molecule has 2 aromatic rings. The average Bonchev–Trinajstić information content (AvgIpc) is 3.16. The second kappa shape index (κ2) is 7.09. The minimum atomic E-state index is -3.65. The number of amides is 1. The third kappa shape index (κ3) is 3.26. The Morgan fingerprint density at radius 2 is 1.86 bits per heavy atom. The molecule has 1 atom stereocenters. The van der Waals surface area contributed by atoms with Crippen molar-refractivity contribution in [2.45, 2.75) is 37.3 Å². The lowest BCUT2D eigenvalue weighted by Gasteiger charge is -2.38. The van der Waals surface area contributed by atoms with Gasteiger partial charge >= 0.3 is 0 Å². The van der Waals surface area contributed by atoms with Gasteiger partial charge in [0.1, 0.15) is 0 Å². The first kappa shape index (κ1) is 19.8. The van der Waals surface area contributed by atoms with Gasteiger partial charge in [-0.1, -0.05) is 11.6 Å². The highest BCUT2D eigenvalue weighted by Gasteiger charge is 2.51. The van der Waals surface area contributed by atoms with Crippen molar-refractivity contribution < 1.29 is 13.2 Å². The quantitative estimate of drug-likeness (QED) is 0.732.